The highest BCUT2D eigenvalue weighted by Gasteiger charge is 2.31. The second-order valence-corrected chi connectivity index (χ2v) is 5.75. The summed E-state index contributed by atoms with van der Waals surface area (Å²) in [5.41, 5.74) is 1.26. The number of amides is 1. The van der Waals surface area contributed by atoms with Crippen LogP contribution in [0.5, 0.6) is 0 Å². The smallest absolute Gasteiger partial charge is 0.276 e. The summed E-state index contributed by atoms with van der Waals surface area (Å²) in [5, 5.41) is 0. The zero-order chi connectivity index (χ0) is 15.8. The zero-order valence-corrected chi connectivity index (χ0v) is 12.8. The average molecular weight is 311 g/mol. The van der Waals surface area contributed by atoms with Crippen LogP contribution in [0, 0.1) is 6.92 Å². The molecule has 1 amide bonds. The number of imidazole rings is 1. The van der Waals surface area contributed by atoms with Gasteiger partial charge in [0.25, 0.3) is 5.91 Å². The number of oxazole rings is 1. The number of piperidine rings is 1. The molecule has 1 fully saturated rings. The van der Waals surface area contributed by atoms with Gasteiger partial charge in [-0.1, -0.05) is 0 Å². The van der Waals surface area contributed by atoms with E-state index in [0.29, 0.717) is 23.8 Å². The lowest BCUT2D eigenvalue weighted by Crippen LogP contribution is -2.39. The van der Waals surface area contributed by atoms with Gasteiger partial charge in [-0.25, -0.2) is 15.0 Å². The fraction of sp³-hybridized carbons (Fsp3) is 0.375. The van der Waals surface area contributed by atoms with Gasteiger partial charge in [0.15, 0.2) is 12.1 Å². The van der Waals surface area contributed by atoms with Crippen LogP contribution >= 0.6 is 0 Å². The van der Waals surface area contributed by atoms with Crippen molar-refractivity contribution >= 4 is 11.7 Å². The van der Waals surface area contributed by atoms with E-state index in [2.05, 4.69) is 15.0 Å². The number of aromatic nitrogens is 4. The Kier molecular flexibility index (Phi) is 3.33. The molecule has 3 aromatic heterocycles. The first-order chi connectivity index (χ1) is 11.2. The molecule has 1 saturated heterocycles. The Bertz CT molecular complexity index is 853. The number of aryl methyl sites for hydroxylation is 1. The third-order valence-corrected chi connectivity index (χ3v) is 4.34. The minimum absolute atomic E-state index is 0.0472. The molecule has 0 saturated carbocycles. The van der Waals surface area contributed by atoms with E-state index in [1.165, 1.54) is 6.39 Å². The molecule has 4 rings (SSSR count). The number of likely N-dealkylation sites (tertiary alicyclic amines) is 1. The van der Waals surface area contributed by atoms with E-state index in [0.717, 1.165) is 25.0 Å². The van der Waals surface area contributed by atoms with E-state index in [9.17, 15) is 4.79 Å². The van der Waals surface area contributed by atoms with Crippen molar-refractivity contribution in [3.63, 3.8) is 0 Å². The Morgan fingerprint density at radius 3 is 3.04 bits per heavy atom. The molecule has 23 heavy (non-hydrogen) atoms. The van der Waals surface area contributed by atoms with E-state index in [1.807, 2.05) is 27.8 Å². The van der Waals surface area contributed by atoms with Gasteiger partial charge in [-0.05, 0) is 32.3 Å². The van der Waals surface area contributed by atoms with Gasteiger partial charge >= 0.3 is 0 Å². The molecule has 1 aliphatic rings. The monoisotopic (exact) mass is 311 g/mol. The van der Waals surface area contributed by atoms with Crippen molar-refractivity contribution in [2.45, 2.75) is 32.2 Å². The van der Waals surface area contributed by atoms with Crippen molar-refractivity contribution in [2.24, 2.45) is 0 Å². The summed E-state index contributed by atoms with van der Waals surface area (Å²) in [7, 11) is 0. The molecule has 1 atom stereocenters. The molecule has 7 heteroatoms. The lowest BCUT2D eigenvalue weighted by Gasteiger charge is -2.35. The molecule has 1 aliphatic heterocycles. The van der Waals surface area contributed by atoms with Crippen molar-refractivity contribution in [1.29, 1.82) is 0 Å². The fourth-order valence-corrected chi connectivity index (χ4v) is 3.13. The minimum Gasteiger partial charge on any atom is -0.448 e. The standard InChI is InChI=1S/C16H17N5O2/c1-11-14(18-10-23-11)15(22)21-7-3-2-4-13(21)12-5-8-20-9-6-17-16(20)19-12/h5-6,8-10,13H,2-4,7H2,1H3/t13-/m1/s1. The van der Waals surface area contributed by atoms with E-state index >= 15 is 0 Å². The highest BCUT2D eigenvalue weighted by molar-refractivity contribution is 5.93. The first kappa shape index (κ1) is 13.9. The number of fused-ring (bicyclic) bond motifs is 1. The van der Waals surface area contributed by atoms with Crippen LogP contribution in [0.25, 0.3) is 5.78 Å². The summed E-state index contributed by atoms with van der Waals surface area (Å²) in [6.07, 6.45) is 9.79. The van der Waals surface area contributed by atoms with Crippen molar-refractivity contribution in [3.8, 4) is 0 Å². The molecular weight excluding hydrogens is 294 g/mol. The topological polar surface area (TPSA) is 76.5 Å². The van der Waals surface area contributed by atoms with Gasteiger partial charge in [0.1, 0.15) is 5.76 Å². The van der Waals surface area contributed by atoms with Gasteiger partial charge in [0.05, 0.1) is 11.7 Å². The zero-order valence-electron chi connectivity index (χ0n) is 12.8. The first-order valence-electron chi connectivity index (χ1n) is 7.75. The van der Waals surface area contributed by atoms with Gasteiger partial charge in [-0.3, -0.25) is 9.20 Å². The summed E-state index contributed by atoms with van der Waals surface area (Å²) < 4.78 is 7.04. The van der Waals surface area contributed by atoms with Gasteiger partial charge < -0.3 is 9.32 Å². The molecular formula is C16H17N5O2. The van der Waals surface area contributed by atoms with E-state index < -0.39 is 0 Å². The lowest BCUT2D eigenvalue weighted by atomic mass is 9.98. The van der Waals surface area contributed by atoms with E-state index in [-0.39, 0.29) is 11.9 Å². The molecule has 7 nitrogen and oxygen atoms in total. The SMILES string of the molecule is Cc1ocnc1C(=O)N1CCCC[C@@H]1c1ccn2ccnc2n1. The molecule has 4 heterocycles. The third kappa shape index (κ3) is 2.38. The summed E-state index contributed by atoms with van der Waals surface area (Å²) in [4.78, 5) is 27.6. The maximum Gasteiger partial charge on any atom is 0.276 e. The van der Waals surface area contributed by atoms with Crippen LogP contribution < -0.4 is 0 Å². The van der Waals surface area contributed by atoms with Gasteiger partial charge in [0, 0.05) is 25.1 Å². The van der Waals surface area contributed by atoms with Crippen LogP contribution in [0.3, 0.4) is 0 Å². The highest BCUT2D eigenvalue weighted by atomic mass is 16.3. The average Bonchev–Trinajstić information content (AvgIpc) is 3.22. The van der Waals surface area contributed by atoms with Crippen molar-refractivity contribution < 1.29 is 9.21 Å². The van der Waals surface area contributed by atoms with Crippen LogP contribution in [-0.4, -0.2) is 36.7 Å². The van der Waals surface area contributed by atoms with Crippen LogP contribution in [0.2, 0.25) is 0 Å². The Balaban J connectivity index is 1.70. The van der Waals surface area contributed by atoms with Crippen LogP contribution in [-0.2, 0) is 0 Å². The van der Waals surface area contributed by atoms with Crippen LogP contribution in [0.4, 0.5) is 0 Å². The maximum absolute atomic E-state index is 12.8. The molecule has 0 radical (unpaired) electrons. The lowest BCUT2D eigenvalue weighted by molar-refractivity contribution is 0.0599. The summed E-state index contributed by atoms with van der Waals surface area (Å²) in [6.45, 7) is 2.46. The van der Waals surface area contributed by atoms with Crippen LogP contribution in [0.1, 0.15) is 47.2 Å². The van der Waals surface area contributed by atoms with Crippen molar-refractivity contribution in [2.75, 3.05) is 6.54 Å². The third-order valence-electron chi connectivity index (χ3n) is 4.34. The van der Waals surface area contributed by atoms with E-state index in [1.54, 1.807) is 13.1 Å². The number of hydrogen-bond acceptors (Lipinski definition) is 5. The van der Waals surface area contributed by atoms with Crippen molar-refractivity contribution in [1.82, 2.24) is 24.3 Å². The van der Waals surface area contributed by atoms with Gasteiger partial charge in [-0.15, -0.1) is 0 Å². The normalized spacial score (nSPS) is 18.5. The summed E-state index contributed by atoms with van der Waals surface area (Å²) >= 11 is 0. The van der Waals surface area contributed by atoms with Crippen molar-refractivity contribution in [3.05, 3.63) is 48.2 Å². The Labute approximate surface area is 133 Å². The predicted molar refractivity (Wildman–Crippen MR) is 81.9 cm³/mol. The molecule has 118 valence electrons. The minimum atomic E-state index is -0.0917. The predicted octanol–water partition coefficient (Wildman–Crippen LogP) is 2.39. The molecule has 0 spiro atoms. The molecule has 0 aliphatic carbocycles. The number of rotatable bonds is 2. The van der Waals surface area contributed by atoms with Gasteiger partial charge in [-0.2, -0.15) is 0 Å². The Hall–Kier alpha value is -2.70. The number of carbonyl (C=O) groups excluding carboxylic acids is 1. The first-order valence-corrected chi connectivity index (χ1v) is 7.75. The number of carbonyl (C=O) groups is 1. The number of nitrogens with zero attached hydrogens (tertiary/aromatic N) is 5. The molecule has 0 unspecified atom stereocenters. The van der Waals surface area contributed by atoms with Gasteiger partial charge in [0.2, 0.25) is 5.78 Å². The Morgan fingerprint density at radius 2 is 2.22 bits per heavy atom. The quantitative estimate of drug-likeness (QED) is 0.726. The summed E-state index contributed by atoms with van der Waals surface area (Å²) in [5.74, 6) is 1.11. The second-order valence-electron chi connectivity index (χ2n) is 5.75. The summed E-state index contributed by atoms with van der Waals surface area (Å²) in [6, 6.07) is 1.91. The molecule has 0 N–H and O–H groups in total. The van der Waals surface area contributed by atoms with E-state index in [4.69, 9.17) is 4.42 Å². The number of hydrogen-bond donors (Lipinski definition) is 0. The molecule has 0 bridgehead atoms. The second kappa shape index (κ2) is 5.49. The largest absolute Gasteiger partial charge is 0.448 e. The molecule has 0 aromatic carbocycles. The highest BCUT2D eigenvalue weighted by Crippen LogP contribution is 2.31. The maximum atomic E-state index is 12.8. The Morgan fingerprint density at radius 1 is 1.30 bits per heavy atom. The fourth-order valence-electron chi connectivity index (χ4n) is 3.13. The molecule has 3 aromatic rings. The van der Waals surface area contributed by atoms with Crippen LogP contribution in [0.15, 0.2) is 35.5 Å².